The summed E-state index contributed by atoms with van der Waals surface area (Å²) < 4.78 is 0. The van der Waals surface area contributed by atoms with E-state index in [9.17, 15) is 0 Å². The van der Waals surface area contributed by atoms with Gasteiger partial charge in [-0.1, -0.05) is 27.2 Å². The first-order valence-corrected chi connectivity index (χ1v) is 8.68. The third-order valence-corrected chi connectivity index (χ3v) is 7.15. The average molecular weight is 270 g/mol. The highest BCUT2D eigenvalue weighted by molar-refractivity contribution is 8.00. The Kier molecular flexibility index (Phi) is 4.66. The van der Waals surface area contributed by atoms with Crippen LogP contribution in [0.2, 0.25) is 0 Å². The third-order valence-electron chi connectivity index (χ3n) is 5.69. The fourth-order valence-electron chi connectivity index (χ4n) is 3.65. The first kappa shape index (κ1) is 14.7. The van der Waals surface area contributed by atoms with Gasteiger partial charge < -0.3 is 5.73 Å². The number of hydrogen-bond acceptors (Lipinski definition) is 3. The summed E-state index contributed by atoms with van der Waals surface area (Å²) in [6.45, 7) is 10.5. The van der Waals surface area contributed by atoms with E-state index in [1.165, 1.54) is 50.9 Å². The van der Waals surface area contributed by atoms with Crippen molar-refractivity contribution in [1.29, 1.82) is 0 Å². The van der Waals surface area contributed by atoms with Gasteiger partial charge in [0.05, 0.1) is 0 Å². The smallest absolute Gasteiger partial charge is 0.0447 e. The summed E-state index contributed by atoms with van der Waals surface area (Å²) in [5.41, 5.74) is 7.07. The summed E-state index contributed by atoms with van der Waals surface area (Å²) >= 11 is 2.13. The van der Waals surface area contributed by atoms with E-state index in [4.69, 9.17) is 5.73 Å². The fraction of sp³-hybridized carbons (Fsp3) is 1.00. The van der Waals surface area contributed by atoms with E-state index in [-0.39, 0.29) is 5.54 Å². The van der Waals surface area contributed by atoms with Crippen molar-refractivity contribution in [1.82, 2.24) is 4.90 Å². The quantitative estimate of drug-likeness (QED) is 0.854. The first-order valence-electron chi connectivity index (χ1n) is 7.63. The molecular formula is C15H30N2S. The van der Waals surface area contributed by atoms with Crippen molar-refractivity contribution in [2.75, 3.05) is 25.4 Å². The molecule has 2 N–H and O–H groups in total. The number of nitrogens with two attached hydrogens (primary N) is 1. The van der Waals surface area contributed by atoms with Crippen LogP contribution in [0.1, 0.15) is 52.9 Å². The van der Waals surface area contributed by atoms with Gasteiger partial charge >= 0.3 is 0 Å². The number of piperidine rings is 1. The van der Waals surface area contributed by atoms with Gasteiger partial charge in [-0.25, -0.2) is 0 Å². The number of hydrogen-bond donors (Lipinski definition) is 1. The normalized spacial score (nSPS) is 37.7. The molecule has 0 aliphatic carbocycles. The molecule has 2 fully saturated rings. The first-order chi connectivity index (χ1) is 8.56. The maximum Gasteiger partial charge on any atom is 0.0447 e. The van der Waals surface area contributed by atoms with Crippen LogP contribution >= 0.6 is 11.8 Å². The Morgan fingerprint density at radius 2 is 1.94 bits per heavy atom. The van der Waals surface area contributed by atoms with Crippen molar-refractivity contribution in [2.45, 2.75) is 63.7 Å². The van der Waals surface area contributed by atoms with Crippen LogP contribution in [-0.4, -0.2) is 41.1 Å². The molecule has 0 saturated carbocycles. The number of nitrogens with zero attached hydrogens (tertiary/aromatic N) is 1. The molecule has 0 amide bonds. The Bertz CT molecular complexity index is 274. The molecule has 0 aromatic rings. The second kappa shape index (κ2) is 5.72. The minimum absolute atomic E-state index is 0.290. The SMILES string of the molecule is CCC1(C)CCN(C2(CN)CCCSC2C)CC1. The van der Waals surface area contributed by atoms with Crippen LogP contribution in [0, 0.1) is 5.41 Å². The second-order valence-electron chi connectivity index (χ2n) is 6.58. The lowest BCUT2D eigenvalue weighted by Gasteiger charge is -2.53. The maximum atomic E-state index is 6.20. The Morgan fingerprint density at radius 1 is 1.28 bits per heavy atom. The molecule has 0 bridgehead atoms. The molecule has 2 nitrogen and oxygen atoms in total. The van der Waals surface area contributed by atoms with Gasteiger partial charge in [0.2, 0.25) is 0 Å². The molecule has 3 heteroatoms. The lowest BCUT2D eigenvalue weighted by molar-refractivity contribution is 0.0183. The monoisotopic (exact) mass is 270 g/mol. The second-order valence-corrected chi connectivity index (χ2v) is 8.02. The number of likely N-dealkylation sites (tertiary alicyclic amines) is 1. The topological polar surface area (TPSA) is 29.3 Å². The molecule has 2 atom stereocenters. The Labute approximate surface area is 117 Å². The van der Waals surface area contributed by atoms with E-state index in [2.05, 4.69) is 37.4 Å². The van der Waals surface area contributed by atoms with E-state index >= 15 is 0 Å². The van der Waals surface area contributed by atoms with Crippen molar-refractivity contribution < 1.29 is 0 Å². The Morgan fingerprint density at radius 3 is 2.44 bits per heavy atom. The highest BCUT2D eigenvalue weighted by Crippen LogP contribution is 2.42. The molecule has 0 spiro atoms. The van der Waals surface area contributed by atoms with Gasteiger partial charge in [0.25, 0.3) is 0 Å². The maximum absolute atomic E-state index is 6.20. The molecule has 0 radical (unpaired) electrons. The van der Waals surface area contributed by atoms with Crippen LogP contribution in [0.5, 0.6) is 0 Å². The number of rotatable bonds is 3. The highest BCUT2D eigenvalue weighted by atomic mass is 32.2. The predicted octanol–water partition coefficient (Wildman–Crippen LogP) is 3.11. The molecule has 2 aliphatic rings. The summed E-state index contributed by atoms with van der Waals surface area (Å²) in [5, 5.41) is 0.697. The van der Waals surface area contributed by atoms with Gasteiger partial charge in [-0.3, -0.25) is 4.90 Å². The summed E-state index contributed by atoms with van der Waals surface area (Å²) in [6.07, 6.45) is 6.67. The lowest BCUT2D eigenvalue weighted by Crippen LogP contribution is -2.63. The Hall–Kier alpha value is 0.270. The van der Waals surface area contributed by atoms with Gasteiger partial charge in [-0.05, 0) is 49.9 Å². The predicted molar refractivity (Wildman–Crippen MR) is 82.1 cm³/mol. The molecule has 2 aliphatic heterocycles. The zero-order chi connectivity index (χ0) is 13.2. The lowest BCUT2D eigenvalue weighted by atomic mass is 9.76. The van der Waals surface area contributed by atoms with Crippen molar-refractivity contribution in [3.63, 3.8) is 0 Å². The van der Waals surface area contributed by atoms with Crippen molar-refractivity contribution in [3.8, 4) is 0 Å². The largest absolute Gasteiger partial charge is 0.329 e. The molecule has 2 unspecified atom stereocenters. The average Bonchev–Trinajstić information content (AvgIpc) is 2.41. The third kappa shape index (κ3) is 2.59. The summed E-state index contributed by atoms with van der Waals surface area (Å²) in [4.78, 5) is 2.74. The van der Waals surface area contributed by atoms with Gasteiger partial charge in [-0.2, -0.15) is 11.8 Å². The zero-order valence-electron chi connectivity index (χ0n) is 12.4. The van der Waals surface area contributed by atoms with E-state index < -0.39 is 0 Å². The van der Waals surface area contributed by atoms with Crippen LogP contribution in [0.4, 0.5) is 0 Å². The van der Waals surface area contributed by atoms with E-state index in [1.807, 2.05) is 0 Å². The van der Waals surface area contributed by atoms with Crippen LogP contribution in [0.25, 0.3) is 0 Å². The molecule has 0 aromatic heterocycles. The highest BCUT2D eigenvalue weighted by Gasteiger charge is 2.44. The molecule has 2 saturated heterocycles. The van der Waals surface area contributed by atoms with E-state index in [1.54, 1.807) is 0 Å². The molecule has 18 heavy (non-hydrogen) atoms. The van der Waals surface area contributed by atoms with Crippen LogP contribution in [0.3, 0.4) is 0 Å². The minimum Gasteiger partial charge on any atom is -0.329 e. The summed E-state index contributed by atoms with van der Waals surface area (Å²) in [7, 11) is 0. The van der Waals surface area contributed by atoms with Gasteiger partial charge in [0.15, 0.2) is 0 Å². The molecular weight excluding hydrogens is 240 g/mol. The van der Waals surface area contributed by atoms with Gasteiger partial charge in [0.1, 0.15) is 0 Å². The van der Waals surface area contributed by atoms with Crippen molar-refractivity contribution >= 4 is 11.8 Å². The zero-order valence-corrected chi connectivity index (χ0v) is 13.2. The Balaban J connectivity index is 2.06. The van der Waals surface area contributed by atoms with Gasteiger partial charge in [-0.15, -0.1) is 0 Å². The van der Waals surface area contributed by atoms with Crippen molar-refractivity contribution in [2.24, 2.45) is 11.1 Å². The van der Waals surface area contributed by atoms with E-state index in [0.29, 0.717) is 10.7 Å². The minimum atomic E-state index is 0.290. The fourth-order valence-corrected chi connectivity index (χ4v) is 4.99. The van der Waals surface area contributed by atoms with Crippen LogP contribution in [0.15, 0.2) is 0 Å². The summed E-state index contributed by atoms with van der Waals surface area (Å²) in [5.74, 6) is 1.32. The number of thioether (sulfide) groups is 1. The molecule has 2 heterocycles. The van der Waals surface area contributed by atoms with Gasteiger partial charge in [0, 0.05) is 17.3 Å². The van der Waals surface area contributed by atoms with Crippen LogP contribution in [-0.2, 0) is 0 Å². The molecule has 2 rings (SSSR count). The standard InChI is InChI=1S/C15H30N2S/c1-4-14(3)7-9-17(10-8-14)15(12-16)6-5-11-18-13(15)2/h13H,4-12,16H2,1-3H3. The van der Waals surface area contributed by atoms with Crippen molar-refractivity contribution in [3.05, 3.63) is 0 Å². The van der Waals surface area contributed by atoms with E-state index in [0.717, 1.165) is 6.54 Å². The molecule has 0 aromatic carbocycles. The van der Waals surface area contributed by atoms with Crippen LogP contribution < -0.4 is 5.73 Å². The summed E-state index contributed by atoms with van der Waals surface area (Å²) in [6, 6.07) is 0. The molecule has 106 valence electrons.